The Morgan fingerprint density at radius 3 is 2.22 bits per heavy atom. The molecule has 0 bridgehead atoms. The van der Waals surface area contributed by atoms with Crippen LogP contribution in [0.5, 0.6) is 0 Å². The van der Waals surface area contributed by atoms with E-state index in [9.17, 15) is 12.8 Å². The van der Waals surface area contributed by atoms with Gasteiger partial charge in [-0.25, -0.2) is 12.8 Å². The van der Waals surface area contributed by atoms with E-state index in [0.717, 1.165) is 0 Å². The highest BCUT2D eigenvalue weighted by Gasteiger charge is 2.38. The van der Waals surface area contributed by atoms with Crippen LogP contribution in [0, 0.1) is 0 Å². The van der Waals surface area contributed by atoms with Gasteiger partial charge in [0.25, 0.3) is 0 Å². The molecule has 2 N–H and O–H groups in total. The summed E-state index contributed by atoms with van der Waals surface area (Å²) in [6.07, 6.45) is -0.0602. The predicted octanol–water partition coefficient (Wildman–Crippen LogP) is -0.571. The average molecular weight is 153 g/mol. The fraction of sp³-hybridized carbons (Fsp3) is 1.00. The molecule has 1 atom stereocenters. The second-order valence-electron chi connectivity index (χ2n) is 2.38. The van der Waals surface area contributed by atoms with Gasteiger partial charge in [-0.05, 0) is 0 Å². The Balaban J connectivity index is 2.81. The molecule has 1 heterocycles. The molecule has 0 spiro atoms. The van der Waals surface area contributed by atoms with E-state index in [2.05, 4.69) is 0 Å². The van der Waals surface area contributed by atoms with Crippen molar-refractivity contribution < 1.29 is 12.8 Å². The summed E-state index contributed by atoms with van der Waals surface area (Å²) in [6.45, 7) is 0. The normalized spacial score (nSPS) is 41.1. The van der Waals surface area contributed by atoms with Crippen LogP contribution in [0.25, 0.3) is 0 Å². The van der Waals surface area contributed by atoms with Crippen LogP contribution in [-0.4, -0.2) is 25.7 Å². The molecule has 0 aromatic heterocycles. The minimum absolute atomic E-state index is 0.0602. The minimum atomic E-state index is -3.15. The van der Waals surface area contributed by atoms with Gasteiger partial charge in [-0.2, -0.15) is 0 Å². The highest BCUT2D eigenvalue weighted by atomic mass is 32.2. The van der Waals surface area contributed by atoms with Gasteiger partial charge in [-0.1, -0.05) is 0 Å². The van der Waals surface area contributed by atoms with Gasteiger partial charge in [0.15, 0.2) is 15.6 Å². The molecule has 1 fully saturated rings. The zero-order valence-electron chi connectivity index (χ0n) is 4.80. The van der Waals surface area contributed by atoms with Crippen LogP contribution < -0.4 is 5.73 Å². The number of sulfone groups is 1. The standard InChI is InChI=1S/C4H8FNO2S/c5-4(6)1-2-9(7,8)3-4/h1-3,6H2. The molecule has 1 saturated heterocycles. The molecule has 1 aliphatic heterocycles. The summed E-state index contributed by atoms with van der Waals surface area (Å²) in [5, 5.41) is 0. The van der Waals surface area contributed by atoms with Crippen molar-refractivity contribution in [2.24, 2.45) is 5.73 Å². The molecule has 0 aliphatic carbocycles. The van der Waals surface area contributed by atoms with Crippen LogP contribution in [-0.2, 0) is 9.84 Å². The maximum absolute atomic E-state index is 12.5. The number of alkyl halides is 1. The molecule has 54 valence electrons. The van der Waals surface area contributed by atoms with Crippen LogP contribution in [0.15, 0.2) is 0 Å². The van der Waals surface area contributed by atoms with Gasteiger partial charge in [-0.3, -0.25) is 5.73 Å². The summed E-state index contributed by atoms with van der Waals surface area (Å²) in [5.74, 6) is -2.58. The van der Waals surface area contributed by atoms with Gasteiger partial charge in [0.1, 0.15) is 0 Å². The van der Waals surface area contributed by atoms with Crippen LogP contribution in [0.2, 0.25) is 0 Å². The lowest BCUT2D eigenvalue weighted by molar-refractivity contribution is 0.209. The Morgan fingerprint density at radius 1 is 1.56 bits per heavy atom. The van der Waals surface area contributed by atoms with Crippen LogP contribution >= 0.6 is 0 Å². The fourth-order valence-electron chi connectivity index (χ4n) is 0.835. The molecule has 1 aliphatic rings. The van der Waals surface area contributed by atoms with Gasteiger partial charge in [0.05, 0.1) is 11.5 Å². The molecule has 9 heavy (non-hydrogen) atoms. The number of hydrogen-bond donors (Lipinski definition) is 1. The summed E-state index contributed by atoms with van der Waals surface area (Å²) < 4.78 is 33.6. The Kier molecular flexibility index (Phi) is 1.29. The molecule has 0 radical (unpaired) electrons. The third-order valence-electron chi connectivity index (χ3n) is 1.29. The van der Waals surface area contributed by atoms with E-state index in [1.54, 1.807) is 0 Å². The second kappa shape index (κ2) is 1.67. The van der Waals surface area contributed by atoms with Crippen molar-refractivity contribution >= 4 is 9.84 Å². The van der Waals surface area contributed by atoms with Gasteiger partial charge in [-0.15, -0.1) is 0 Å². The van der Waals surface area contributed by atoms with Gasteiger partial charge >= 0.3 is 0 Å². The Morgan fingerprint density at radius 2 is 2.11 bits per heavy atom. The first-order chi connectivity index (χ1) is 3.91. The molecule has 0 aromatic rings. The van der Waals surface area contributed by atoms with Crippen molar-refractivity contribution in [1.82, 2.24) is 0 Å². The second-order valence-corrected chi connectivity index (χ2v) is 4.56. The largest absolute Gasteiger partial charge is 0.298 e. The maximum Gasteiger partial charge on any atom is 0.174 e. The summed E-state index contributed by atoms with van der Waals surface area (Å²) >= 11 is 0. The summed E-state index contributed by atoms with van der Waals surface area (Å²) in [5.41, 5.74) is 4.91. The van der Waals surface area contributed by atoms with Gasteiger partial charge in [0.2, 0.25) is 0 Å². The summed E-state index contributed by atoms with van der Waals surface area (Å²) in [6, 6.07) is 0. The highest BCUT2D eigenvalue weighted by molar-refractivity contribution is 7.91. The van der Waals surface area contributed by atoms with E-state index in [1.165, 1.54) is 0 Å². The van der Waals surface area contributed by atoms with Crippen LogP contribution in [0.3, 0.4) is 0 Å². The molecule has 3 nitrogen and oxygen atoms in total. The third kappa shape index (κ3) is 1.62. The molecule has 5 heteroatoms. The monoisotopic (exact) mass is 153 g/mol. The van der Waals surface area contributed by atoms with Crippen molar-refractivity contribution in [3.8, 4) is 0 Å². The van der Waals surface area contributed by atoms with Crippen molar-refractivity contribution in [3.63, 3.8) is 0 Å². The first kappa shape index (κ1) is 6.95. The molecule has 1 rings (SSSR count). The van der Waals surface area contributed by atoms with Crippen LogP contribution in [0.1, 0.15) is 6.42 Å². The van der Waals surface area contributed by atoms with Crippen molar-refractivity contribution in [1.29, 1.82) is 0 Å². The Hall–Kier alpha value is -0.160. The number of nitrogens with two attached hydrogens (primary N) is 1. The predicted molar refractivity (Wildman–Crippen MR) is 31.3 cm³/mol. The molecular weight excluding hydrogens is 145 g/mol. The average Bonchev–Trinajstić information content (AvgIpc) is 1.78. The summed E-state index contributed by atoms with van der Waals surface area (Å²) in [7, 11) is -3.15. The van der Waals surface area contributed by atoms with Crippen molar-refractivity contribution in [2.75, 3.05) is 11.5 Å². The Labute approximate surface area is 53.0 Å². The van der Waals surface area contributed by atoms with E-state index in [-0.39, 0.29) is 12.2 Å². The van der Waals surface area contributed by atoms with E-state index < -0.39 is 21.4 Å². The van der Waals surface area contributed by atoms with E-state index >= 15 is 0 Å². The zero-order valence-corrected chi connectivity index (χ0v) is 5.62. The van der Waals surface area contributed by atoms with Gasteiger partial charge < -0.3 is 0 Å². The fourth-order valence-corrected chi connectivity index (χ4v) is 2.51. The number of hydrogen-bond acceptors (Lipinski definition) is 3. The maximum atomic E-state index is 12.5. The van der Waals surface area contributed by atoms with E-state index in [0.29, 0.717) is 0 Å². The lowest BCUT2D eigenvalue weighted by atomic mass is 10.2. The minimum Gasteiger partial charge on any atom is -0.298 e. The van der Waals surface area contributed by atoms with E-state index in [4.69, 9.17) is 5.73 Å². The molecule has 1 unspecified atom stereocenters. The lowest BCUT2D eigenvalue weighted by Crippen LogP contribution is -2.35. The first-order valence-corrected chi connectivity index (χ1v) is 4.42. The number of halogens is 1. The number of rotatable bonds is 0. The summed E-state index contributed by atoms with van der Waals surface area (Å²) in [4.78, 5) is 0. The third-order valence-corrected chi connectivity index (χ3v) is 3.03. The van der Waals surface area contributed by atoms with Crippen molar-refractivity contribution in [2.45, 2.75) is 12.2 Å². The molecule has 0 amide bonds. The van der Waals surface area contributed by atoms with Crippen molar-refractivity contribution in [3.05, 3.63) is 0 Å². The quantitative estimate of drug-likeness (QED) is 0.474. The SMILES string of the molecule is NC1(F)CCS(=O)(=O)C1. The highest BCUT2D eigenvalue weighted by Crippen LogP contribution is 2.21. The van der Waals surface area contributed by atoms with Crippen LogP contribution in [0.4, 0.5) is 4.39 Å². The lowest BCUT2D eigenvalue weighted by Gasteiger charge is -2.07. The topological polar surface area (TPSA) is 60.2 Å². The smallest absolute Gasteiger partial charge is 0.174 e. The first-order valence-electron chi connectivity index (χ1n) is 2.60. The molecule has 0 aromatic carbocycles. The molecule has 0 saturated carbocycles. The Bertz CT molecular complexity index is 209. The van der Waals surface area contributed by atoms with E-state index in [1.807, 2.05) is 0 Å². The molecular formula is C4H8FNO2S. The zero-order chi connectivity index (χ0) is 7.12. The van der Waals surface area contributed by atoms with Gasteiger partial charge in [0, 0.05) is 6.42 Å².